The summed E-state index contributed by atoms with van der Waals surface area (Å²) in [6.45, 7) is 4.98. The Bertz CT molecular complexity index is 1000. The zero-order chi connectivity index (χ0) is 22.0. The van der Waals surface area contributed by atoms with E-state index >= 15 is 0 Å². The van der Waals surface area contributed by atoms with Gasteiger partial charge in [0.2, 0.25) is 0 Å². The van der Waals surface area contributed by atoms with Crippen LogP contribution in [0.2, 0.25) is 0 Å². The predicted molar refractivity (Wildman–Crippen MR) is 118 cm³/mol. The Hall–Kier alpha value is -3.32. The third-order valence-electron chi connectivity index (χ3n) is 5.88. The van der Waals surface area contributed by atoms with Crippen LogP contribution in [0.3, 0.4) is 0 Å². The van der Waals surface area contributed by atoms with E-state index in [-0.39, 0.29) is 23.9 Å². The summed E-state index contributed by atoms with van der Waals surface area (Å²) in [4.78, 5) is 27.0. The maximum atomic E-state index is 13.0. The number of hydrazine groups is 1. The van der Waals surface area contributed by atoms with E-state index in [2.05, 4.69) is 42.8 Å². The minimum atomic E-state index is -0.243. The average molecular weight is 421 g/mol. The molecule has 2 N–H and O–H groups in total. The summed E-state index contributed by atoms with van der Waals surface area (Å²) < 4.78 is 5.11. The molecule has 2 aromatic carbocycles. The second-order valence-electron chi connectivity index (χ2n) is 8.01. The number of carbonyl (C=O) groups excluding carboxylic acids is 2. The molecule has 0 saturated carbocycles. The molecule has 31 heavy (non-hydrogen) atoms. The number of nitrogens with zero attached hydrogens (tertiary/aromatic N) is 2. The quantitative estimate of drug-likeness (QED) is 0.752. The van der Waals surface area contributed by atoms with E-state index < -0.39 is 0 Å². The summed E-state index contributed by atoms with van der Waals surface area (Å²) in [7, 11) is 1.59. The summed E-state index contributed by atoms with van der Waals surface area (Å²) in [6.07, 6.45) is 4.39. The van der Waals surface area contributed by atoms with Crippen molar-refractivity contribution in [3.8, 4) is 5.75 Å². The molecule has 2 heterocycles. The lowest BCUT2D eigenvalue weighted by molar-refractivity contribution is -0.134. The van der Waals surface area contributed by atoms with Crippen molar-refractivity contribution in [3.05, 3.63) is 77.1 Å². The van der Waals surface area contributed by atoms with Gasteiger partial charge in [-0.1, -0.05) is 23.8 Å². The SMILES string of the molecule is COc1ccc(C(=O)NCCN2C=CN3NC(c4cc(C)ccc4C)CC3C2=O)cc1. The summed E-state index contributed by atoms with van der Waals surface area (Å²) in [5.74, 6) is 0.575. The van der Waals surface area contributed by atoms with E-state index in [4.69, 9.17) is 4.74 Å². The van der Waals surface area contributed by atoms with Gasteiger partial charge < -0.3 is 20.0 Å². The molecule has 1 saturated heterocycles. The molecule has 7 nitrogen and oxygen atoms in total. The molecule has 0 radical (unpaired) electrons. The van der Waals surface area contributed by atoms with E-state index in [1.807, 2.05) is 11.2 Å². The largest absolute Gasteiger partial charge is 0.497 e. The lowest BCUT2D eigenvalue weighted by atomic mass is 9.95. The van der Waals surface area contributed by atoms with Crippen LogP contribution in [0.1, 0.15) is 39.5 Å². The molecule has 4 rings (SSSR count). The Morgan fingerprint density at radius 2 is 1.94 bits per heavy atom. The van der Waals surface area contributed by atoms with E-state index in [0.717, 1.165) is 0 Å². The smallest absolute Gasteiger partial charge is 0.251 e. The summed E-state index contributed by atoms with van der Waals surface area (Å²) >= 11 is 0. The van der Waals surface area contributed by atoms with Crippen molar-refractivity contribution in [2.75, 3.05) is 20.2 Å². The number of fused-ring (bicyclic) bond motifs is 1. The first-order valence-corrected chi connectivity index (χ1v) is 10.5. The minimum absolute atomic E-state index is 0.0431. The topological polar surface area (TPSA) is 73.9 Å². The molecule has 2 aliphatic rings. The molecule has 0 aromatic heterocycles. The lowest BCUT2D eigenvalue weighted by Crippen LogP contribution is -2.49. The van der Waals surface area contributed by atoms with Crippen molar-refractivity contribution in [1.82, 2.24) is 20.7 Å². The second-order valence-corrected chi connectivity index (χ2v) is 8.01. The number of aryl methyl sites for hydroxylation is 2. The minimum Gasteiger partial charge on any atom is -0.497 e. The Labute approximate surface area is 182 Å². The van der Waals surface area contributed by atoms with Crippen molar-refractivity contribution in [1.29, 1.82) is 0 Å². The van der Waals surface area contributed by atoms with Gasteiger partial charge in [0.15, 0.2) is 0 Å². The normalized spacial score (nSPS) is 20.0. The van der Waals surface area contributed by atoms with E-state index in [1.54, 1.807) is 42.5 Å². The molecule has 162 valence electrons. The molecular weight excluding hydrogens is 392 g/mol. The number of methoxy groups -OCH3 is 1. The average Bonchev–Trinajstić information content (AvgIpc) is 3.22. The lowest BCUT2D eigenvalue weighted by Gasteiger charge is -2.31. The van der Waals surface area contributed by atoms with Gasteiger partial charge in [0.1, 0.15) is 11.8 Å². The predicted octanol–water partition coefficient (Wildman–Crippen LogP) is 2.68. The maximum Gasteiger partial charge on any atom is 0.251 e. The molecule has 2 aromatic rings. The van der Waals surface area contributed by atoms with Crippen molar-refractivity contribution in [2.45, 2.75) is 32.4 Å². The molecule has 2 amide bonds. The number of nitrogens with one attached hydrogen (secondary N) is 2. The van der Waals surface area contributed by atoms with Gasteiger partial charge in [-0.05, 0) is 55.7 Å². The van der Waals surface area contributed by atoms with Crippen LogP contribution in [0.15, 0.2) is 54.9 Å². The first-order valence-electron chi connectivity index (χ1n) is 10.5. The van der Waals surface area contributed by atoms with Crippen LogP contribution in [0, 0.1) is 13.8 Å². The third kappa shape index (κ3) is 4.41. The number of rotatable bonds is 6. The highest BCUT2D eigenvalue weighted by molar-refractivity contribution is 5.94. The highest BCUT2D eigenvalue weighted by atomic mass is 16.5. The Kier molecular flexibility index (Phi) is 5.95. The molecule has 7 heteroatoms. The monoisotopic (exact) mass is 420 g/mol. The van der Waals surface area contributed by atoms with Gasteiger partial charge in [0.05, 0.1) is 13.2 Å². The van der Waals surface area contributed by atoms with Gasteiger partial charge in [-0.3, -0.25) is 9.59 Å². The molecule has 0 spiro atoms. The fourth-order valence-electron chi connectivity index (χ4n) is 4.09. The fourth-order valence-corrected chi connectivity index (χ4v) is 4.09. The van der Waals surface area contributed by atoms with Crippen LogP contribution in [0.25, 0.3) is 0 Å². The number of amides is 2. The second kappa shape index (κ2) is 8.81. The third-order valence-corrected chi connectivity index (χ3v) is 5.88. The number of benzene rings is 2. The fraction of sp³-hybridized carbons (Fsp3) is 0.333. The van der Waals surface area contributed by atoms with Crippen molar-refractivity contribution in [2.24, 2.45) is 0 Å². The van der Waals surface area contributed by atoms with Gasteiger partial charge in [0, 0.05) is 31.1 Å². The molecule has 0 aliphatic carbocycles. The maximum absolute atomic E-state index is 13.0. The van der Waals surface area contributed by atoms with E-state index in [1.165, 1.54) is 16.7 Å². The van der Waals surface area contributed by atoms with Crippen LogP contribution >= 0.6 is 0 Å². The van der Waals surface area contributed by atoms with Crippen LogP contribution in [0.4, 0.5) is 0 Å². The highest BCUT2D eigenvalue weighted by Gasteiger charge is 2.40. The van der Waals surface area contributed by atoms with E-state index in [0.29, 0.717) is 30.8 Å². The van der Waals surface area contributed by atoms with Gasteiger partial charge >= 0.3 is 0 Å². The van der Waals surface area contributed by atoms with Crippen molar-refractivity contribution < 1.29 is 14.3 Å². The van der Waals surface area contributed by atoms with Crippen molar-refractivity contribution in [3.63, 3.8) is 0 Å². The van der Waals surface area contributed by atoms with Gasteiger partial charge in [0.25, 0.3) is 11.8 Å². The van der Waals surface area contributed by atoms with Gasteiger partial charge in [-0.15, -0.1) is 0 Å². The van der Waals surface area contributed by atoms with Crippen LogP contribution < -0.4 is 15.5 Å². The zero-order valence-corrected chi connectivity index (χ0v) is 18.1. The Balaban J connectivity index is 1.33. The molecule has 2 unspecified atom stereocenters. The van der Waals surface area contributed by atoms with Crippen LogP contribution in [-0.2, 0) is 4.79 Å². The first kappa shape index (κ1) is 20.9. The highest BCUT2D eigenvalue weighted by Crippen LogP contribution is 2.32. The number of hydrogen-bond donors (Lipinski definition) is 2. The molecule has 2 aliphatic heterocycles. The zero-order valence-electron chi connectivity index (χ0n) is 18.1. The van der Waals surface area contributed by atoms with E-state index in [9.17, 15) is 9.59 Å². The van der Waals surface area contributed by atoms with Crippen LogP contribution in [0.5, 0.6) is 5.75 Å². The molecular formula is C24H28N4O3. The standard InChI is InChI=1S/C24H28N4O3/c1-16-4-5-17(2)20(14-16)21-15-22-24(30)27(12-13-28(22)26-21)11-10-25-23(29)18-6-8-19(31-3)9-7-18/h4-9,12-14,21-22,26H,10-11,15H2,1-3H3,(H,25,29). The number of ether oxygens (including phenoxy) is 1. The van der Waals surface area contributed by atoms with Crippen LogP contribution in [-0.4, -0.2) is 48.0 Å². The Morgan fingerprint density at radius 3 is 2.68 bits per heavy atom. The Morgan fingerprint density at radius 1 is 1.16 bits per heavy atom. The van der Waals surface area contributed by atoms with Gasteiger partial charge in [-0.25, -0.2) is 5.43 Å². The molecule has 0 bridgehead atoms. The summed E-state index contributed by atoms with van der Waals surface area (Å²) in [6, 6.07) is 13.2. The number of hydrogen-bond acceptors (Lipinski definition) is 5. The van der Waals surface area contributed by atoms with Gasteiger partial charge in [-0.2, -0.15) is 0 Å². The number of carbonyl (C=O) groups is 2. The molecule has 1 fully saturated rings. The summed E-state index contributed by atoms with van der Waals surface area (Å²) in [5, 5.41) is 4.78. The first-order chi connectivity index (χ1) is 15.0. The molecule has 2 atom stereocenters. The van der Waals surface area contributed by atoms with Crippen molar-refractivity contribution >= 4 is 11.8 Å². The summed E-state index contributed by atoms with van der Waals surface area (Å²) in [5.41, 5.74) is 7.67.